The number of nitrogens with one attached hydrogen (secondary N) is 1. The van der Waals surface area contributed by atoms with E-state index in [1.807, 2.05) is 12.1 Å². The maximum atomic E-state index is 11.5. The minimum atomic E-state index is -0.598. The van der Waals surface area contributed by atoms with Crippen molar-refractivity contribution in [1.29, 1.82) is 0 Å². The monoisotopic (exact) mass is 336 g/mol. The zero-order valence-corrected chi connectivity index (χ0v) is 15.4. The molecule has 1 aromatic rings. The highest BCUT2D eigenvalue weighted by Gasteiger charge is 2.15. The Balaban J connectivity index is 2.63. The average Bonchev–Trinajstić information content (AvgIpc) is 2.46. The van der Waals surface area contributed by atoms with E-state index in [0.29, 0.717) is 24.0 Å². The molecule has 0 unspecified atom stereocenters. The summed E-state index contributed by atoms with van der Waals surface area (Å²) < 4.78 is 16.2. The minimum absolute atomic E-state index is 0.558. The van der Waals surface area contributed by atoms with Gasteiger partial charge in [-0.05, 0) is 56.9 Å². The maximum Gasteiger partial charge on any atom is 0.428 e. The second-order valence-corrected chi connectivity index (χ2v) is 6.81. The van der Waals surface area contributed by atoms with Crippen molar-refractivity contribution in [2.75, 3.05) is 13.7 Å². The fourth-order valence-corrected chi connectivity index (χ4v) is 1.75. The van der Waals surface area contributed by atoms with Crippen molar-refractivity contribution in [1.82, 2.24) is 5.43 Å². The smallest absolute Gasteiger partial charge is 0.428 e. The first-order valence-corrected chi connectivity index (χ1v) is 8.04. The average molecular weight is 336 g/mol. The van der Waals surface area contributed by atoms with Crippen molar-refractivity contribution in [3.8, 4) is 11.5 Å². The Morgan fingerprint density at radius 3 is 2.58 bits per heavy atom. The zero-order chi connectivity index (χ0) is 18.2. The van der Waals surface area contributed by atoms with Gasteiger partial charge in [-0.2, -0.15) is 5.10 Å². The van der Waals surface area contributed by atoms with Crippen LogP contribution in [-0.2, 0) is 4.74 Å². The number of hydrazone groups is 1. The van der Waals surface area contributed by atoms with E-state index in [-0.39, 0.29) is 0 Å². The molecule has 0 aliphatic rings. The molecule has 1 aromatic carbocycles. The van der Waals surface area contributed by atoms with Crippen LogP contribution in [0.25, 0.3) is 0 Å². The quantitative estimate of drug-likeness (QED) is 0.604. The fraction of sp³-hybridized carbons (Fsp3) is 0.556. The summed E-state index contributed by atoms with van der Waals surface area (Å²) in [7, 11) is 1.59. The van der Waals surface area contributed by atoms with E-state index < -0.39 is 11.7 Å². The first-order chi connectivity index (χ1) is 11.2. The summed E-state index contributed by atoms with van der Waals surface area (Å²) in [4.78, 5) is 11.5. The van der Waals surface area contributed by atoms with Gasteiger partial charge in [0.15, 0.2) is 11.5 Å². The molecule has 1 N–H and O–H groups in total. The summed E-state index contributed by atoms with van der Waals surface area (Å²) in [5.74, 6) is 1.90. The van der Waals surface area contributed by atoms with E-state index >= 15 is 0 Å². The third kappa shape index (κ3) is 7.85. The van der Waals surface area contributed by atoms with Gasteiger partial charge in [0.1, 0.15) is 5.60 Å². The fourth-order valence-electron chi connectivity index (χ4n) is 1.75. The molecule has 0 saturated heterocycles. The van der Waals surface area contributed by atoms with E-state index in [0.717, 1.165) is 12.0 Å². The summed E-state index contributed by atoms with van der Waals surface area (Å²) >= 11 is 0. The van der Waals surface area contributed by atoms with Crippen LogP contribution < -0.4 is 14.9 Å². The predicted octanol–water partition coefficient (Wildman–Crippen LogP) is 3.98. The van der Waals surface area contributed by atoms with E-state index in [4.69, 9.17) is 14.2 Å². The van der Waals surface area contributed by atoms with Crippen LogP contribution in [0.15, 0.2) is 23.3 Å². The van der Waals surface area contributed by atoms with Crippen molar-refractivity contribution in [2.45, 2.75) is 46.6 Å². The van der Waals surface area contributed by atoms with E-state index in [2.05, 4.69) is 24.4 Å². The van der Waals surface area contributed by atoms with Crippen LogP contribution in [-0.4, -0.2) is 31.6 Å². The standard InChI is InChI=1S/C18H28N2O4/c1-13(2)9-10-23-15-8-7-14(11-16(15)22-6)12-19-20-17(21)24-18(3,4)5/h7-8,11-13H,9-10H2,1-6H3,(H,20,21)/b19-12+. The number of amides is 1. The highest BCUT2D eigenvalue weighted by molar-refractivity contribution is 5.82. The van der Waals surface area contributed by atoms with Crippen molar-refractivity contribution >= 4 is 12.3 Å². The number of hydrogen-bond donors (Lipinski definition) is 1. The zero-order valence-electron chi connectivity index (χ0n) is 15.4. The lowest BCUT2D eigenvalue weighted by Gasteiger charge is -2.18. The van der Waals surface area contributed by atoms with Crippen LogP contribution in [0.5, 0.6) is 11.5 Å². The van der Waals surface area contributed by atoms with Gasteiger partial charge in [0.2, 0.25) is 0 Å². The molecular weight excluding hydrogens is 308 g/mol. The molecule has 0 saturated carbocycles. The third-order valence-corrected chi connectivity index (χ3v) is 2.91. The second kappa shape index (κ2) is 9.15. The third-order valence-electron chi connectivity index (χ3n) is 2.91. The van der Waals surface area contributed by atoms with E-state index in [9.17, 15) is 4.79 Å². The molecule has 24 heavy (non-hydrogen) atoms. The Hall–Kier alpha value is -2.24. The van der Waals surface area contributed by atoms with Crippen LogP contribution >= 0.6 is 0 Å². The number of methoxy groups -OCH3 is 1. The van der Waals surface area contributed by atoms with Crippen molar-refractivity contribution in [2.24, 2.45) is 11.0 Å². The van der Waals surface area contributed by atoms with Crippen LogP contribution in [0, 0.1) is 5.92 Å². The van der Waals surface area contributed by atoms with Gasteiger partial charge < -0.3 is 14.2 Å². The largest absolute Gasteiger partial charge is 0.493 e. The molecule has 6 heteroatoms. The molecular formula is C18H28N2O4. The summed E-state index contributed by atoms with van der Waals surface area (Å²) in [5.41, 5.74) is 2.54. The Morgan fingerprint density at radius 2 is 2.00 bits per heavy atom. The molecule has 0 fully saturated rings. The van der Waals surface area contributed by atoms with Crippen LogP contribution in [0.1, 0.15) is 46.6 Å². The van der Waals surface area contributed by atoms with Gasteiger partial charge in [0, 0.05) is 0 Å². The Morgan fingerprint density at radius 1 is 1.29 bits per heavy atom. The number of nitrogens with zero attached hydrogens (tertiary/aromatic N) is 1. The molecule has 1 rings (SSSR count). The van der Waals surface area contributed by atoms with Crippen molar-refractivity contribution in [3.63, 3.8) is 0 Å². The first-order valence-electron chi connectivity index (χ1n) is 8.04. The summed E-state index contributed by atoms with van der Waals surface area (Å²) in [6.07, 6.45) is 1.90. The maximum absolute atomic E-state index is 11.5. The normalized spacial score (nSPS) is 11.6. The molecule has 0 aromatic heterocycles. The predicted molar refractivity (Wildman–Crippen MR) is 94.9 cm³/mol. The molecule has 0 radical (unpaired) electrons. The van der Waals surface area contributed by atoms with Gasteiger partial charge >= 0.3 is 6.09 Å². The lowest BCUT2D eigenvalue weighted by atomic mass is 10.1. The molecule has 0 aliphatic carbocycles. The number of ether oxygens (including phenoxy) is 3. The lowest BCUT2D eigenvalue weighted by molar-refractivity contribution is 0.0529. The number of benzene rings is 1. The van der Waals surface area contributed by atoms with E-state index in [1.165, 1.54) is 6.21 Å². The highest BCUT2D eigenvalue weighted by atomic mass is 16.6. The molecule has 0 bridgehead atoms. The van der Waals surface area contributed by atoms with Gasteiger partial charge in [-0.15, -0.1) is 0 Å². The van der Waals surface area contributed by atoms with Crippen LogP contribution in [0.3, 0.4) is 0 Å². The van der Waals surface area contributed by atoms with Gasteiger partial charge in [0.25, 0.3) is 0 Å². The SMILES string of the molecule is COc1cc(/C=N/NC(=O)OC(C)(C)C)ccc1OCCC(C)C. The highest BCUT2D eigenvalue weighted by Crippen LogP contribution is 2.27. The summed E-state index contributed by atoms with van der Waals surface area (Å²) in [6, 6.07) is 5.46. The number of rotatable bonds is 7. The topological polar surface area (TPSA) is 69.2 Å². The Kier molecular flexibility index (Phi) is 7.55. The van der Waals surface area contributed by atoms with Gasteiger partial charge in [-0.3, -0.25) is 0 Å². The van der Waals surface area contributed by atoms with E-state index in [1.54, 1.807) is 33.9 Å². The molecule has 1 amide bonds. The number of carbonyl (C=O) groups excluding carboxylic acids is 1. The van der Waals surface area contributed by atoms with Crippen molar-refractivity contribution in [3.05, 3.63) is 23.8 Å². The molecule has 0 aliphatic heterocycles. The minimum Gasteiger partial charge on any atom is -0.493 e. The van der Waals surface area contributed by atoms with Gasteiger partial charge in [-0.1, -0.05) is 13.8 Å². The lowest BCUT2D eigenvalue weighted by Crippen LogP contribution is -2.29. The molecule has 0 heterocycles. The van der Waals surface area contributed by atoms with Crippen molar-refractivity contribution < 1.29 is 19.0 Å². The number of hydrogen-bond acceptors (Lipinski definition) is 5. The molecule has 134 valence electrons. The van der Waals surface area contributed by atoms with Gasteiger partial charge in [0.05, 0.1) is 19.9 Å². The Bertz CT molecular complexity index is 563. The Labute approximate surface area is 144 Å². The van der Waals surface area contributed by atoms with Crippen LogP contribution in [0.4, 0.5) is 4.79 Å². The summed E-state index contributed by atoms with van der Waals surface area (Å²) in [5, 5.41) is 3.87. The van der Waals surface area contributed by atoms with Crippen LogP contribution in [0.2, 0.25) is 0 Å². The second-order valence-electron chi connectivity index (χ2n) is 6.81. The number of carbonyl (C=O) groups is 1. The first kappa shape index (κ1) is 19.8. The summed E-state index contributed by atoms with van der Waals surface area (Å²) in [6.45, 7) is 10.3. The molecule has 6 nitrogen and oxygen atoms in total. The van der Waals surface area contributed by atoms with Gasteiger partial charge in [-0.25, -0.2) is 10.2 Å². The molecule has 0 spiro atoms. The molecule has 0 atom stereocenters.